The van der Waals surface area contributed by atoms with Gasteiger partial charge in [0, 0.05) is 18.3 Å². The number of para-hydroxylation sites is 1. The van der Waals surface area contributed by atoms with E-state index in [1.807, 2.05) is 25.1 Å². The monoisotopic (exact) mass is 312 g/mol. The highest BCUT2D eigenvalue weighted by Crippen LogP contribution is 2.20. The van der Waals surface area contributed by atoms with E-state index in [1.165, 1.54) is 6.92 Å². The summed E-state index contributed by atoms with van der Waals surface area (Å²) in [5.74, 6) is 0.280. The van der Waals surface area contributed by atoms with Gasteiger partial charge in [0.1, 0.15) is 5.75 Å². The van der Waals surface area contributed by atoms with Gasteiger partial charge in [-0.2, -0.15) is 0 Å². The van der Waals surface area contributed by atoms with Gasteiger partial charge in [0.25, 0.3) is 5.91 Å². The molecule has 0 saturated carbocycles. The summed E-state index contributed by atoms with van der Waals surface area (Å²) in [6, 6.07) is 14.5. The maximum absolute atomic E-state index is 12.2. The average Bonchev–Trinajstić information content (AvgIpc) is 2.50. The van der Waals surface area contributed by atoms with Crippen LogP contribution < -0.4 is 15.4 Å². The number of ether oxygens (including phenoxy) is 1. The number of aryl methyl sites for hydroxylation is 1. The zero-order valence-electron chi connectivity index (χ0n) is 13.4. The van der Waals surface area contributed by atoms with Crippen molar-refractivity contribution in [1.29, 1.82) is 0 Å². The standard InChI is InChI=1S/C18H20N2O3/c1-12-11-15(9-10-17(12)19-14(3)21)20-18(22)13(2)23-16-7-5-4-6-8-16/h4-11,13H,1-3H3,(H,19,21)(H,20,22). The fourth-order valence-electron chi connectivity index (χ4n) is 2.07. The van der Waals surface area contributed by atoms with Gasteiger partial charge in [-0.25, -0.2) is 0 Å². The summed E-state index contributed by atoms with van der Waals surface area (Å²) >= 11 is 0. The van der Waals surface area contributed by atoms with E-state index in [2.05, 4.69) is 10.6 Å². The van der Waals surface area contributed by atoms with E-state index in [9.17, 15) is 9.59 Å². The Morgan fingerprint density at radius 2 is 1.74 bits per heavy atom. The molecule has 1 atom stereocenters. The lowest BCUT2D eigenvalue weighted by Crippen LogP contribution is -2.30. The molecule has 0 saturated heterocycles. The molecule has 0 heterocycles. The van der Waals surface area contributed by atoms with Crippen molar-refractivity contribution >= 4 is 23.2 Å². The van der Waals surface area contributed by atoms with Crippen LogP contribution in [-0.2, 0) is 9.59 Å². The summed E-state index contributed by atoms with van der Waals surface area (Å²) < 4.78 is 5.59. The molecule has 0 fully saturated rings. The zero-order valence-corrected chi connectivity index (χ0v) is 13.4. The Morgan fingerprint density at radius 3 is 2.35 bits per heavy atom. The van der Waals surface area contributed by atoms with Gasteiger partial charge in [-0.15, -0.1) is 0 Å². The third-order valence-corrected chi connectivity index (χ3v) is 3.23. The summed E-state index contributed by atoms with van der Waals surface area (Å²) in [5.41, 5.74) is 2.25. The predicted molar refractivity (Wildman–Crippen MR) is 90.6 cm³/mol. The number of benzene rings is 2. The average molecular weight is 312 g/mol. The first kappa shape index (κ1) is 16.5. The Balaban J connectivity index is 1.99. The lowest BCUT2D eigenvalue weighted by molar-refractivity contribution is -0.122. The van der Waals surface area contributed by atoms with Crippen LogP contribution in [0.2, 0.25) is 0 Å². The van der Waals surface area contributed by atoms with E-state index < -0.39 is 6.10 Å². The molecule has 23 heavy (non-hydrogen) atoms. The molecule has 0 aliphatic heterocycles. The summed E-state index contributed by atoms with van der Waals surface area (Å²) in [4.78, 5) is 23.3. The maximum atomic E-state index is 12.2. The molecule has 2 aromatic carbocycles. The Hall–Kier alpha value is -2.82. The Labute approximate surface area is 135 Å². The van der Waals surface area contributed by atoms with E-state index in [0.717, 1.165) is 11.3 Å². The number of amides is 2. The first-order chi connectivity index (χ1) is 11.0. The fraction of sp³-hybridized carbons (Fsp3) is 0.222. The van der Waals surface area contributed by atoms with Crippen molar-refractivity contribution in [3.05, 3.63) is 54.1 Å². The second-order valence-corrected chi connectivity index (χ2v) is 5.27. The normalized spacial score (nSPS) is 11.4. The minimum atomic E-state index is -0.618. The molecule has 0 radical (unpaired) electrons. The summed E-state index contributed by atoms with van der Waals surface area (Å²) in [5, 5.41) is 5.54. The molecular formula is C18H20N2O3. The van der Waals surface area contributed by atoms with Crippen LogP contribution in [0, 0.1) is 6.92 Å². The molecule has 0 spiro atoms. The van der Waals surface area contributed by atoms with Crippen LogP contribution >= 0.6 is 0 Å². The molecule has 0 bridgehead atoms. The van der Waals surface area contributed by atoms with Gasteiger partial charge in [-0.3, -0.25) is 9.59 Å². The predicted octanol–water partition coefficient (Wildman–Crippen LogP) is 3.36. The van der Waals surface area contributed by atoms with Gasteiger partial charge in [-0.1, -0.05) is 18.2 Å². The molecule has 2 amide bonds. The van der Waals surface area contributed by atoms with Crippen molar-refractivity contribution < 1.29 is 14.3 Å². The van der Waals surface area contributed by atoms with Gasteiger partial charge >= 0.3 is 0 Å². The third kappa shape index (κ3) is 4.85. The topological polar surface area (TPSA) is 67.4 Å². The quantitative estimate of drug-likeness (QED) is 0.889. The molecule has 0 aliphatic carbocycles. The van der Waals surface area contributed by atoms with Crippen LogP contribution in [0.3, 0.4) is 0 Å². The highest BCUT2D eigenvalue weighted by atomic mass is 16.5. The molecule has 1 unspecified atom stereocenters. The molecule has 2 aromatic rings. The minimum absolute atomic E-state index is 0.130. The Kier molecular flexibility index (Phi) is 5.36. The molecule has 5 nitrogen and oxygen atoms in total. The van der Waals surface area contributed by atoms with E-state index in [1.54, 1.807) is 37.3 Å². The van der Waals surface area contributed by atoms with Crippen LogP contribution in [0.15, 0.2) is 48.5 Å². The largest absolute Gasteiger partial charge is 0.481 e. The van der Waals surface area contributed by atoms with Crippen LogP contribution in [0.4, 0.5) is 11.4 Å². The molecule has 2 N–H and O–H groups in total. The first-order valence-corrected chi connectivity index (χ1v) is 7.36. The number of hydrogen-bond acceptors (Lipinski definition) is 3. The highest BCUT2D eigenvalue weighted by Gasteiger charge is 2.15. The van der Waals surface area contributed by atoms with Crippen molar-refractivity contribution in [2.45, 2.75) is 26.9 Å². The summed E-state index contributed by atoms with van der Waals surface area (Å²) in [6.45, 7) is 5.02. The number of rotatable bonds is 5. The number of carbonyl (C=O) groups excluding carboxylic acids is 2. The van der Waals surface area contributed by atoms with E-state index >= 15 is 0 Å². The number of hydrogen-bond donors (Lipinski definition) is 2. The lowest BCUT2D eigenvalue weighted by atomic mass is 10.1. The molecule has 120 valence electrons. The number of anilines is 2. The SMILES string of the molecule is CC(=O)Nc1ccc(NC(=O)C(C)Oc2ccccc2)cc1C. The Morgan fingerprint density at radius 1 is 1.04 bits per heavy atom. The fourth-order valence-corrected chi connectivity index (χ4v) is 2.07. The third-order valence-electron chi connectivity index (χ3n) is 3.23. The van der Waals surface area contributed by atoms with Crippen LogP contribution in [0.5, 0.6) is 5.75 Å². The summed E-state index contributed by atoms with van der Waals surface area (Å²) in [6.07, 6.45) is -0.618. The van der Waals surface area contributed by atoms with Crippen molar-refractivity contribution in [3.8, 4) is 5.75 Å². The van der Waals surface area contributed by atoms with Crippen molar-refractivity contribution in [3.63, 3.8) is 0 Å². The number of carbonyl (C=O) groups is 2. The van der Waals surface area contributed by atoms with E-state index in [-0.39, 0.29) is 11.8 Å². The second kappa shape index (κ2) is 7.45. The zero-order chi connectivity index (χ0) is 16.8. The molecule has 5 heteroatoms. The van der Waals surface area contributed by atoms with Gasteiger partial charge in [-0.05, 0) is 49.7 Å². The van der Waals surface area contributed by atoms with Crippen LogP contribution in [0.25, 0.3) is 0 Å². The molecular weight excluding hydrogens is 292 g/mol. The van der Waals surface area contributed by atoms with E-state index in [4.69, 9.17) is 4.74 Å². The van der Waals surface area contributed by atoms with Crippen LogP contribution in [0.1, 0.15) is 19.4 Å². The smallest absolute Gasteiger partial charge is 0.265 e. The highest BCUT2D eigenvalue weighted by molar-refractivity contribution is 5.95. The summed E-state index contributed by atoms with van der Waals surface area (Å²) in [7, 11) is 0. The molecule has 0 aliphatic rings. The molecule has 2 rings (SSSR count). The Bertz CT molecular complexity index is 699. The van der Waals surface area contributed by atoms with E-state index in [0.29, 0.717) is 11.4 Å². The van der Waals surface area contributed by atoms with Crippen molar-refractivity contribution in [1.82, 2.24) is 0 Å². The number of nitrogens with one attached hydrogen (secondary N) is 2. The van der Waals surface area contributed by atoms with Crippen molar-refractivity contribution in [2.24, 2.45) is 0 Å². The van der Waals surface area contributed by atoms with Gasteiger partial charge < -0.3 is 15.4 Å². The van der Waals surface area contributed by atoms with Crippen LogP contribution in [-0.4, -0.2) is 17.9 Å². The minimum Gasteiger partial charge on any atom is -0.481 e. The lowest BCUT2D eigenvalue weighted by Gasteiger charge is -2.15. The van der Waals surface area contributed by atoms with Gasteiger partial charge in [0.2, 0.25) is 5.91 Å². The first-order valence-electron chi connectivity index (χ1n) is 7.36. The second-order valence-electron chi connectivity index (χ2n) is 5.27. The molecule has 0 aromatic heterocycles. The maximum Gasteiger partial charge on any atom is 0.265 e. The van der Waals surface area contributed by atoms with Crippen molar-refractivity contribution in [2.75, 3.05) is 10.6 Å². The van der Waals surface area contributed by atoms with Gasteiger partial charge in [0.05, 0.1) is 0 Å². The van der Waals surface area contributed by atoms with Gasteiger partial charge in [0.15, 0.2) is 6.10 Å².